The highest BCUT2D eigenvalue weighted by atomic mass is 16.6. The summed E-state index contributed by atoms with van der Waals surface area (Å²) in [6, 6.07) is 4.03. The number of piperidine rings is 1. The van der Waals surface area contributed by atoms with Gasteiger partial charge in [0.05, 0.1) is 0 Å². The van der Waals surface area contributed by atoms with Crippen LogP contribution < -0.4 is 5.73 Å². The summed E-state index contributed by atoms with van der Waals surface area (Å²) in [5.41, 5.74) is 7.49. The summed E-state index contributed by atoms with van der Waals surface area (Å²) < 4.78 is 7.34. The number of ether oxygens (including phenoxy) is 1. The van der Waals surface area contributed by atoms with Crippen LogP contribution in [-0.4, -0.2) is 44.3 Å². The number of aromatic nitrogens is 3. The van der Waals surface area contributed by atoms with Gasteiger partial charge in [0.15, 0.2) is 5.82 Å². The van der Waals surface area contributed by atoms with Crippen molar-refractivity contribution in [3.63, 3.8) is 0 Å². The normalized spacial score (nSPS) is 16.6. The predicted molar refractivity (Wildman–Crippen MR) is 91.9 cm³/mol. The maximum Gasteiger partial charge on any atom is 0.410 e. The lowest BCUT2D eigenvalue weighted by atomic mass is 9.94. The quantitative estimate of drug-likeness (QED) is 0.868. The lowest BCUT2D eigenvalue weighted by Gasteiger charge is -2.33. The van der Waals surface area contributed by atoms with Crippen LogP contribution in [0, 0.1) is 6.92 Å². The van der Waals surface area contributed by atoms with Crippen molar-refractivity contribution in [3.05, 3.63) is 23.7 Å². The highest BCUT2D eigenvalue weighted by Crippen LogP contribution is 2.30. The molecule has 1 saturated heterocycles. The van der Waals surface area contributed by atoms with Gasteiger partial charge in [-0.25, -0.2) is 14.3 Å². The van der Waals surface area contributed by atoms with Gasteiger partial charge in [0.1, 0.15) is 16.9 Å². The molecule has 0 radical (unpaired) electrons. The van der Waals surface area contributed by atoms with Gasteiger partial charge in [-0.2, -0.15) is 5.10 Å². The van der Waals surface area contributed by atoms with Crippen LogP contribution in [0.2, 0.25) is 0 Å². The van der Waals surface area contributed by atoms with Crippen LogP contribution in [0.15, 0.2) is 12.1 Å². The van der Waals surface area contributed by atoms with Crippen LogP contribution in [0.4, 0.5) is 10.6 Å². The van der Waals surface area contributed by atoms with Gasteiger partial charge in [0.25, 0.3) is 0 Å². The maximum atomic E-state index is 12.2. The number of nitrogen functional groups attached to an aromatic ring is 1. The average Bonchev–Trinajstić information content (AvgIpc) is 2.89. The summed E-state index contributed by atoms with van der Waals surface area (Å²) in [4.78, 5) is 18.2. The second-order valence-corrected chi connectivity index (χ2v) is 7.34. The van der Waals surface area contributed by atoms with E-state index >= 15 is 0 Å². The first-order valence-corrected chi connectivity index (χ1v) is 8.34. The number of aryl methyl sites for hydroxylation is 1. The second kappa shape index (κ2) is 5.96. The first-order valence-electron chi connectivity index (χ1n) is 8.34. The fraction of sp³-hybridized carbons (Fsp3) is 0.588. The molecule has 0 unspecified atom stereocenters. The molecule has 1 aliphatic rings. The number of fused-ring (bicyclic) bond motifs is 1. The number of likely N-dealkylation sites (tertiary alicyclic amines) is 1. The molecule has 7 heteroatoms. The van der Waals surface area contributed by atoms with Gasteiger partial charge in [0.2, 0.25) is 0 Å². The van der Waals surface area contributed by atoms with Crippen molar-refractivity contribution < 1.29 is 9.53 Å². The summed E-state index contributed by atoms with van der Waals surface area (Å²) in [6.45, 7) is 8.87. The summed E-state index contributed by atoms with van der Waals surface area (Å²) in [5.74, 6) is 1.50. The topological polar surface area (TPSA) is 85.8 Å². The highest BCUT2D eigenvalue weighted by Gasteiger charge is 2.28. The largest absolute Gasteiger partial charge is 0.444 e. The first-order chi connectivity index (χ1) is 11.2. The third kappa shape index (κ3) is 3.29. The number of rotatable bonds is 1. The zero-order chi connectivity index (χ0) is 17.5. The van der Waals surface area contributed by atoms with E-state index in [9.17, 15) is 4.79 Å². The van der Waals surface area contributed by atoms with E-state index < -0.39 is 5.60 Å². The van der Waals surface area contributed by atoms with Crippen LogP contribution in [0.5, 0.6) is 0 Å². The van der Waals surface area contributed by atoms with Crippen molar-refractivity contribution in [1.82, 2.24) is 19.5 Å². The molecule has 1 amide bonds. The number of nitrogens with zero attached hydrogens (tertiary/aromatic N) is 4. The Bertz CT molecular complexity index is 754. The molecule has 0 atom stereocenters. The fourth-order valence-electron chi connectivity index (χ4n) is 3.14. The molecule has 2 N–H and O–H groups in total. The van der Waals surface area contributed by atoms with Gasteiger partial charge in [-0.1, -0.05) is 0 Å². The van der Waals surface area contributed by atoms with Crippen LogP contribution >= 0.6 is 0 Å². The number of anilines is 1. The summed E-state index contributed by atoms with van der Waals surface area (Å²) in [7, 11) is 0. The number of hydrogen-bond acceptors (Lipinski definition) is 5. The standard InChI is InChI=1S/C17H25N5O2/c1-11-19-15(18)14-6-5-13(22(14)20-11)12-7-9-21(10-8-12)16(23)24-17(2,3)4/h5-6,12H,7-10H2,1-4H3,(H2,18,19,20). The molecular weight excluding hydrogens is 306 g/mol. The van der Waals surface area contributed by atoms with Crippen molar-refractivity contribution in [2.75, 3.05) is 18.8 Å². The van der Waals surface area contributed by atoms with Crippen molar-refractivity contribution >= 4 is 17.4 Å². The van der Waals surface area contributed by atoms with E-state index in [0.717, 1.165) is 24.1 Å². The van der Waals surface area contributed by atoms with Gasteiger partial charge >= 0.3 is 6.09 Å². The third-order valence-corrected chi connectivity index (χ3v) is 4.24. The summed E-state index contributed by atoms with van der Waals surface area (Å²) in [6.07, 6.45) is 1.53. The molecule has 0 aliphatic carbocycles. The van der Waals surface area contributed by atoms with Crippen molar-refractivity contribution in [2.24, 2.45) is 0 Å². The van der Waals surface area contributed by atoms with Gasteiger partial charge in [0, 0.05) is 24.7 Å². The van der Waals surface area contributed by atoms with Crippen LogP contribution in [-0.2, 0) is 4.74 Å². The highest BCUT2D eigenvalue weighted by molar-refractivity contribution is 5.68. The minimum atomic E-state index is -0.461. The zero-order valence-corrected chi connectivity index (χ0v) is 14.7. The van der Waals surface area contributed by atoms with Gasteiger partial charge in [-0.3, -0.25) is 0 Å². The Hall–Kier alpha value is -2.31. The number of nitrogens with two attached hydrogens (primary N) is 1. The number of carbonyl (C=O) groups is 1. The minimum Gasteiger partial charge on any atom is -0.444 e. The molecule has 2 aromatic heterocycles. The molecule has 2 aromatic rings. The van der Waals surface area contributed by atoms with Crippen molar-refractivity contribution in [3.8, 4) is 0 Å². The van der Waals surface area contributed by atoms with Crippen molar-refractivity contribution in [1.29, 1.82) is 0 Å². The maximum absolute atomic E-state index is 12.2. The number of amides is 1. The lowest BCUT2D eigenvalue weighted by Crippen LogP contribution is -2.41. The lowest BCUT2D eigenvalue weighted by molar-refractivity contribution is 0.0204. The van der Waals surface area contributed by atoms with E-state index in [4.69, 9.17) is 10.5 Å². The summed E-state index contributed by atoms with van der Waals surface area (Å²) >= 11 is 0. The van der Waals surface area contributed by atoms with Gasteiger partial charge in [-0.05, 0) is 52.7 Å². The fourth-order valence-corrected chi connectivity index (χ4v) is 3.14. The van der Waals surface area contributed by atoms with E-state index in [1.54, 1.807) is 4.90 Å². The molecule has 0 aromatic carbocycles. The molecule has 130 valence electrons. The van der Waals surface area contributed by atoms with Gasteiger partial charge < -0.3 is 15.4 Å². The Kier molecular flexibility index (Phi) is 4.11. The van der Waals surface area contributed by atoms with Gasteiger partial charge in [-0.15, -0.1) is 0 Å². The first kappa shape index (κ1) is 16.5. The Morgan fingerprint density at radius 3 is 2.58 bits per heavy atom. The van der Waals surface area contributed by atoms with E-state index in [0.29, 0.717) is 30.6 Å². The Morgan fingerprint density at radius 1 is 1.29 bits per heavy atom. The SMILES string of the molecule is Cc1nc(N)c2ccc(C3CCN(C(=O)OC(C)(C)C)CC3)n2n1. The van der Waals surface area contributed by atoms with Crippen LogP contribution in [0.3, 0.4) is 0 Å². The van der Waals surface area contributed by atoms with E-state index in [1.807, 2.05) is 38.3 Å². The molecule has 3 heterocycles. The molecular formula is C17H25N5O2. The Balaban J connectivity index is 1.72. The second-order valence-electron chi connectivity index (χ2n) is 7.34. The van der Waals surface area contributed by atoms with E-state index in [-0.39, 0.29) is 6.09 Å². The molecule has 0 saturated carbocycles. The molecule has 0 spiro atoms. The monoisotopic (exact) mass is 331 g/mol. The molecule has 24 heavy (non-hydrogen) atoms. The number of hydrogen-bond donors (Lipinski definition) is 1. The van der Waals surface area contributed by atoms with Crippen LogP contribution in [0.25, 0.3) is 5.52 Å². The third-order valence-electron chi connectivity index (χ3n) is 4.24. The molecule has 0 bridgehead atoms. The smallest absolute Gasteiger partial charge is 0.410 e. The van der Waals surface area contributed by atoms with Crippen LogP contribution in [0.1, 0.15) is 51.0 Å². The van der Waals surface area contributed by atoms with E-state index in [1.165, 1.54) is 0 Å². The molecule has 3 rings (SSSR count). The predicted octanol–water partition coefficient (Wildman–Crippen LogP) is 2.73. The van der Waals surface area contributed by atoms with Crippen molar-refractivity contribution in [2.45, 2.75) is 52.1 Å². The average molecular weight is 331 g/mol. The Morgan fingerprint density at radius 2 is 1.96 bits per heavy atom. The van der Waals surface area contributed by atoms with E-state index in [2.05, 4.69) is 16.1 Å². The molecule has 1 aliphatic heterocycles. The molecule has 1 fully saturated rings. The zero-order valence-electron chi connectivity index (χ0n) is 14.7. The Labute approximate surface area is 141 Å². The molecule has 7 nitrogen and oxygen atoms in total. The summed E-state index contributed by atoms with van der Waals surface area (Å²) in [5, 5.41) is 4.49. The number of carbonyl (C=O) groups excluding carboxylic acids is 1. The minimum absolute atomic E-state index is 0.233.